The summed E-state index contributed by atoms with van der Waals surface area (Å²) in [6.45, 7) is -0.186. The van der Waals surface area contributed by atoms with Crippen LogP contribution in [0.4, 0.5) is 0 Å². The van der Waals surface area contributed by atoms with Crippen molar-refractivity contribution in [1.29, 1.82) is 0 Å². The average molecular weight is 184 g/mol. The number of rotatable bonds is 3. The second-order valence-electron chi connectivity index (χ2n) is 3.31. The van der Waals surface area contributed by atoms with Crippen molar-refractivity contribution in [2.75, 3.05) is 6.61 Å². The van der Waals surface area contributed by atoms with Crippen LogP contribution in [-0.4, -0.2) is 23.8 Å². The zero-order valence-electron chi connectivity index (χ0n) is 7.74. The van der Waals surface area contributed by atoms with Gasteiger partial charge in [0.25, 0.3) is 0 Å². The van der Waals surface area contributed by atoms with Crippen molar-refractivity contribution >= 4 is 5.97 Å². The molecule has 0 fully saturated rings. The molecule has 13 heavy (non-hydrogen) atoms. The van der Waals surface area contributed by atoms with E-state index in [1.54, 1.807) is 0 Å². The lowest BCUT2D eigenvalue weighted by molar-refractivity contribution is -0.143. The largest absolute Gasteiger partial charge is 0.480 e. The Morgan fingerprint density at radius 3 is 3.08 bits per heavy atom. The first-order valence-corrected chi connectivity index (χ1v) is 4.79. The van der Waals surface area contributed by atoms with Crippen LogP contribution >= 0.6 is 0 Å². The summed E-state index contributed by atoms with van der Waals surface area (Å²) in [4.78, 5) is 10.2. The Labute approximate surface area is 78.4 Å². The maximum absolute atomic E-state index is 10.2. The smallest absolute Gasteiger partial charge is 0.329 e. The molecule has 1 N–H and O–H groups in total. The van der Waals surface area contributed by atoms with Gasteiger partial charge in [0.1, 0.15) is 6.61 Å². The normalized spacial score (nSPS) is 26.0. The summed E-state index contributed by atoms with van der Waals surface area (Å²) in [5, 5.41) is 8.42. The van der Waals surface area contributed by atoms with Crippen molar-refractivity contribution in [2.45, 2.75) is 38.2 Å². The number of ether oxygens (including phenoxy) is 1. The van der Waals surface area contributed by atoms with E-state index in [-0.39, 0.29) is 12.7 Å². The first kappa shape index (κ1) is 10.3. The summed E-state index contributed by atoms with van der Waals surface area (Å²) in [5.41, 5.74) is 0. The molecule has 0 saturated heterocycles. The summed E-state index contributed by atoms with van der Waals surface area (Å²) >= 11 is 0. The molecule has 1 atom stereocenters. The Morgan fingerprint density at radius 2 is 2.31 bits per heavy atom. The van der Waals surface area contributed by atoms with E-state index in [1.165, 1.54) is 12.8 Å². The molecule has 0 bridgehead atoms. The van der Waals surface area contributed by atoms with Crippen LogP contribution in [0.15, 0.2) is 12.2 Å². The van der Waals surface area contributed by atoms with Crippen molar-refractivity contribution < 1.29 is 14.6 Å². The molecule has 0 amide bonds. The molecule has 3 heteroatoms. The molecule has 0 aromatic carbocycles. The maximum atomic E-state index is 10.2. The molecule has 1 unspecified atom stereocenters. The molecule has 0 heterocycles. The minimum atomic E-state index is -0.893. The summed E-state index contributed by atoms with van der Waals surface area (Å²) in [5.74, 6) is -0.893. The van der Waals surface area contributed by atoms with Gasteiger partial charge in [0, 0.05) is 0 Å². The topological polar surface area (TPSA) is 46.5 Å². The first-order chi connectivity index (χ1) is 6.29. The molecule has 0 saturated carbocycles. The van der Waals surface area contributed by atoms with Gasteiger partial charge in [-0.3, -0.25) is 0 Å². The molecule has 1 rings (SSSR count). The zero-order valence-corrected chi connectivity index (χ0v) is 7.74. The molecule has 0 radical (unpaired) electrons. The lowest BCUT2D eigenvalue weighted by Gasteiger charge is -2.14. The third-order valence-corrected chi connectivity index (χ3v) is 2.13. The highest BCUT2D eigenvalue weighted by molar-refractivity contribution is 5.68. The summed E-state index contributed by atoms with van der Waals surface area (Å²) < 4.78 is 5.19. The van der Waals surface area contributed by atoms with Gasteiger partial charge in [-0.25, -0.2) is 4.79 Å². The predicted molar refractivity (Wildman–Crippen MR) is 49.6 cm³/mol. The Balaban J connectivity index is 2.28. The van der Waals surface area contributed by atoms with E-state index >= 15 is 0 Å². The second kappa shape index (κ2) is 5.75. The van der Waals surface area contributed by atoms with Crippen molar-refractivity contribution in [3.63, 3.8) is 0 Å². The minimum absolute atomic E-state index is 0.0106. The maximum Gasteiger partial charge on any atom is 0.329 e. The van der Waals surface area contributed by atoms with E-state index in [0.29, 0.717) is 0 Å². The Kier molecular flexibility index (Phi) is 4.54. The molecule has 1 aliphatic carbocycles. The number of hydrogen-bond acceptors (Lipinski definition) is 2. The van der Waals surface area contributed by atoms with Crippen LogP contribution in [-0.2, 0) is 9.53 Å². The van der Waals surface area contributed by atoms with Crippen LogP contribution in [0, 0.1) is 0 Å². The first-order valence-electron chi connectivity index (χ1n) is 4.79. The molecule has 3 nitrogen and oxygen atoms in total. The van der Waals surface area contributed by atoms with E-state index in [1.807, 2.05) is 6.08 Å². The van der Waals surface area contributed by atoms with E-state index < -0.39 is 5.97 Å². The fourth-order valence-corrected chi connectivity index (χ4v) is 1.45. The molecular formula is C10H16O3. The third kappa shape index (κ3) is 4.68. The van der Waals surface area contributed by atoms with Crippen LogP contribution in [0.25, 0.3) is 0 Å². The monoisotopic (exact) mass is 184 g/mol. The summed E-state index contributed by atoms with van der Waals surface area (Å²) in [6.07, 6.45) is 9.72. The van der Waals surface area contributed by atoms with Gasteiger partial charge in [0.05, 0.1) is 6.10 Å². The van der Waals surface area contributed by atoms with Crippen molar-refractivity contribution in [1.82, 2.24) is 0 Å². The van der Waals surface area contributed by atoms with Crippen LogP contribution < -0.4 is 0 Å². The highest BCUT2D eigenvalue weighted by Crippen LogP contribution is 2.13. The summed E-state index contributed by atoms with van der Waals surface area (Å²) in [6, 6.07) is 0. The molecule has 0 aliphatic heterocycles. The fraction of sp³-hybridized carbons (Fsp3) is 0.700. The number of carboxylic acids is 1. The molecule has 0 aromatic heterocycles. The number of aliphatic carboxylic acids is 1. The van der Waals surface area contributed by atoms with E-state index in [2.05, 4.69) is 6.08 Å². The van der Waals surface area contributed by atoms with Crippen molar-refractivity contribution in [3.8, 4) is 0 Å². The average Bonchev–Trinajstić information content (AvgIpc) is 2.01. The SMILES string of the molecule is O=C(O)COC1/C=C/CCCCC1. The van der Waals surface area contributed by atoms with Crippen molar-refractivity contribution in [2.24, 2.45) is 0 Å². The lowest BCUT2D eigenvalue weighted by Crippen LogP contribution is -2.16. The minimum Gasteiger partial charge on any atom is -0.480 e. The van der Waals surface area contributed by atoms with Gasteiger partial charge < -0.3 is 9.84 Å². The van der Waals surface area contributed by atoms with Gasteiger partial charge in [-0.2, -0.15) is 0 Å². The zero-order chi connectivity index (χ0) is 9.52. The predicted octanol–water partition coefficient (Wildman–Crippen LogP) is 1.98. The quantitative estimate of drug-likeness (QED) is 0.682. The molecule has 0 aromatic rings. The standard InChI is InChI=1S/C10H16O3/c11-10(12)8-13-9-6-4-2-1-3-5-7-9/h4,6,9H,1-3,5,7-8H2,(H,11,12)/b6-4+. The van der Waals surface area contributed by atoms with Gasteiger partial charge in [-0.15, -0.1) is 0 Å². The second-order valence-corrected chi connectivity index (χ2v) is 3.31. The van der Waals surface area contributed by atoms with E-state index in [9.17, 15) is 4.79 Å². The Bertz CT molecular complexity index is 187. The number of carboxylic acid groups (broad SMARTS) is 1. The third-order valence-electron chi connectivity index (χ3n) is 2.13. The van der Waals surface area contributed by atoms with Gasteiger partial charge >= 0.3 is 5.97 Å². The molecule has 1 aliphatic rings. The molecule has 0 spiro atoms. The Hall–Kier alpha value is -0.830. The lowest BCUT2D eigenvalue weighted by atomic mass is 10.0. The van der Waals surface area contributed by atoms with Crippen LogP contribution in [0.1, 0.15) is 32.1 Å². The van der Waals surface area contributed by atoms with Gasteiger partial charge in [0.15, 0.2) is 0 Å². The van der Waals surface area contributed by atoms with E-state index in [0.717, 1.165) is 19.3 Å². The van der Waals surface area contributed by atoms with Crippen molar-refractivity contribution in [3.05, 3.63) is 12.2 Å². The van der Waals surface area contributed by atoms with Crippen LogP contribution in [0.5, 0.6) is 0 Å². The van der Waals surface area contributed by atoms with Crippen LogP contribution in [0.2, 0.25) is 0 Å². The number of allylic oxidation sites excluding steroid dienone is 1. The Morgan fingerprint density at radius 1 is 1.46 bits per heavy atom. The van der Waals surface area contributed by atoms with Crippen LogP contribution in [0.3, 0.4) is 0 Å². The number of hydrogen-bond donors (Lipinski definition) is 1. The van der Waals surface area contributed by atoms with Gasteiger partial charge in [-0.1, -0.05) is 25.0 Å². The fourth-order valence-electron chi connectivity index (χ4n) is 1.45. The van der Waals surface area contributed by atoms with E-state index in [4.69, 9.17) is 9.84 Å². The van der Waals surface area contributed by atoms with Gasteiger partial charge in [0.2, 0.25) is 0 Å². The van der Waals surface area contributed by atoms with Gasteiger partial charge in [-0.05, 0) is 19.3 Å². The highest BCUT2D eigenvalue weighted by Gasteiger charge is 2.08. The number of carbonyl (C=O) groups is 1. The molecule has 74 valence electrons. The molecular weight excluding hydrogens is 168 g/mol. The highest BCUT2D eigenvalue weighted by atomic mass is 16.5. The summed E-state index contributed by atoms with van der Waals surface area (Å²) in [7, 11) is 0.